The molecule has 1 unspecified atom stereocenters. The van der Waals surface area contributed by atoms with Gasteiger partial charge in [0.05, 0.1) is 35.7 Å². The minimum Gasteiger partial charge on any atom is -0.497 e. The molecule has 1 aromatic carbocycles. The maximum Gasteiger partial charge on any atom is 0.252 e. The van der Waals surface area contributed by atoms with Crippen molar-refractivity contribution < 1.29 is 13.9 Å². The van der Waals surface area contributed by atoms with Crippen LogP contribution in [0.1, 0.15) is 40.9 Å². The smallest absolute Gasteiger partial charge is 0.252 e. The summed E-state index contributed by atoms with van der Waals surface area (Å²) in [4.78, 5) is 17.8. The highest BCUT2D eigenvalue weighted by Crippen LogP contribution is 2.26. The molecule has 3 heterocycles. The first-order valence-electron chi connectivity index (χ1n) is 10.3. The van der Waals surface area contributed by atoms with E-state index < -0.39 is 0 Å². The number of rotatable bonds is 7. The lowest BCUT2D eigenvalue weighted by Crippen LogP contribution is -2.33. The van der Waals surface area contributed by atoms with Crippen LogP contribution >= 0.6 is 0 Å². The van der Waals surface area contributed by atoms with E-state index in [0.29, 0.717) is 11.2 Å². The van der Waals surface area contributed by atoms with Crippen molar-refractivity contribution in [2.75, 3.05) is 7.11 Å². The topological polar surface area (TPSA) is 82.2 Å². The SMILES string of the molecule is COc1ccc(-n2nc(C)c3c(C(=O)NC(C)CCc4ccco4)cc(C)nc32)cc1. The molecule has 4 aromatic rings. The standard InChI is InChI=1S/C24H26N4O3/c1-15(7-10-20-6-5-13-31-20)26-24(29)21-14-16(2)25-23-22(21)17(3)27-28(23)18-8-11-19(30-4)12-9-18/h5-6,8-9,11-15H,7,10H2,1-4H3,(H,26,29). The number of pyridine rings is 1. The lowest BCUT2D eigenvalue weighted by Gasteiger charge is -2.14. The summed E-state index contributed by atoms with van der Waals surface area (Å²) in [6, 6.07) is 13.2. The Morgan fingerprint density at radius 3 is 2.68 bits per heavy atom. The minimum absolute atomic E-state index is 0.00180. The molecule has 31 heavy (non-hydrogen) atoms. The monoisotopic (exact) mass is 418 g/mol. The highest BCUT2D eigenvalue weighted by atomic mass is 16.5. The average molecular weight is 418 g/mol. The molecular formula is C24H26N4O3. The number of carbonyl (C=O) groups is 1. The quantitative estimate of drug-likeness (QED) is 0.481. The van der Waals surface area contributed by atoms with Crippen LogP contribution in [-0.4, -0.2) is 33.8 Å². The molecule has 1 amide bonds. The number of nitrogens with one attached hydrogen (secondary N) is 1. The van der Waals surface area contributed by atoms with E-state index in [4.69, 9.17) is 9.15 Å². The van der Waals surface area contributed by atoms with Gasteiger partial charge in [0.2, 0.25) is 0 Å². The molecule has 0 bridgehead atoms. The van der Waals surface area contributed by atoms with Crippen LogP contribution in [0.4, 0.5) is 0 Å². The largest absolute Gasteiger partial charge is 0.497 e. The van der Waals surface area contributed by atoms with Gasteiger partial charge in [0.15, 0.2) is 5.65 Å². The fourth-order valence-corrected chi connectivity index (χ4v) is 3.68. The number of carbonyl (C=O) groups excluding carboxylic acids is 1. The molecule has 160 valence electrons. The Morgan fingerprint density at radius 2 is 2.00 bits per heavy atom. The van der Waals surface area contributed by atoms with E-state index in [-0.39, 0.29) is 11.9 Å². The van der Waals surface area contributed by atoms with Crippen molar-refractivity contribution in [1.82, 2.24) is 20.1 Å². The fourth-order valence-electron chi connectivity index (χ4n) is 3.68. The maximum absolute atomic E-state index is 13.1. The third-order valence-electron chi connectivity index (χ3n) is 5.28. The highest BCUT2D eigenvalue weighted by Gasteiger charge is 2.20. The Bertz CT molecular complexity index is 1190. The van der Waals surface area contributed by atoms with E-state index in [9.17, 15) is 4.79 Å². The van der Waals surface area contributed by atoms with Crippen LogP contribution in [0.15, 0.2) is 53.1 Å². The Labute approximate surface area is 181 Å². The molecule has 0 radical (unpaired) electrons. The Morgan fingerprint density at radius 1 is 1.23 bits per heavy atom. The van der Waals surface area contributed by atoms with E-state index in [1.165, 1.54) is 0 Å². The van der Waals surface area contributed by atoms with Crippen LogP contribution in [0.2, 0.25) is 0 Å². The Kier molecular flexibility index (Phi) is 5.75. The lowest BCUT2D eigenvalue weighted by atomic mass is 10.1. The number of methoxy groups -OCH3 is 1. The number of benzene rings is 1. The van der Waals surface area contributed by atoms with Gasteiger partial charge >= 0.3 is 0 Å². The first-order valence-corrected chi connectivity index (χ1v) is 10.3. The van der Waals surface area contributed by atoms with Crippen molar-refractivity contribution in [3.63, 3.8) is 0 Å². The van der Waals surface area contributed by atoms with E-state index in [1.807, 2.05) is 63.2 Å². The molecular weight excluding hydrogens is 392 g/mol. The summed E-state index contributed by atoms with van der Waals surface area (Å²) < 4.78 is 12.4. The van der Waals surface area contributed by atoms with Crippen molar-refractivity contribution >= 4 is 16.9 Å². The molecule has 0 saturated carbocycles. The molecule has 0 aliphatic carbocycles. The second-order valence-corrected chi connectivity index (χ2v) is 7.70. The summed E-state index contributed by atoms with van der Waals surface area (Å²) in [6.07, 6.45) is 3.22. The van der Waals surface area contributed by atoms with Gasteiger partial charge in [0, 0.05) is 18.2 Å². The van der Waals surface area contributed by atoms with E-state index in [1.54, 1.807) is 18.1 Å². The number of aryl methyl sites for hydroxylation is 3. The van der Waals surface area contributed by atoms with Crippen molar-refractivity contribution in [3.05, 3.63) is 71.4 Å². The van der Waals surface area contributed by atoms with Gasteiger partial charge in [-0.05, 0) is 69.7 Å². The molecule has 0 saturated heterocycles. The molecule has 1 N–H and O–H groups in total. The number of hydrogen-bond acceptors (Lipinski definition) is 5. The van der Waals surface area contributed by atoms with Gasteiger partial charge < -0.3 is 14.5 Å². The van der Waals surface area contributed by atoms with Gasteiger partial charge in [-0.25, -0.2) is 9.67 Å². The highest BCUT2D eigenvalue weighted by molar-refractivity contribution is 6.06. The summed E-state index contributed by atoms with van der Waals surface area (Å²) >= 11 is 0. The first kappa shape index (κ1) is 20.7. The van der Waals surface area contributed by atoms with Crippen LogP contribution in [0.25, 0.3) is 16.7 Å². The fraction of sp³-hybridized carbons (Fsp3) is 0.292. The van der Waals surface area contributed by atoms with Crippen LogP contribution in [0.5, 0.6) is 5.75 Å². The second-order valence-electron chi connectivity index (χ2n) is 7.70. The molecule has 0 aliphatic rings. The molecule has 7 heteroatoms. The molecule has 7 nitrogen and oxygen atoms in total. The van der Waals surface area contributed by atoms with Crippen molar-refractivity contribution in [2.24, 2.45) is 0 Å². The predicted molar refractivity (Wildman–Crippen MR) is 119 cm³/mol. The normalized spacial score (nSPS) is 12.1. The van der Waals surface area contributed by atoms with Crippen LogP contribution in [-0.2, 0) is 6.42 Å². The summed E-state index contributed by atoms with van der Waals surface area (Å²) in [7, 11) is 1.63. The predicted octanol–water partition coefficient (Wildman–Crippen LogP) is 4.39. The summed E-state index contributed by atoms with van der Waals surface area (Å²) in [6.45, 7) is 5.79. The summed E-state index contributed by atoms with van der Waals surface area (Å²) in [5.74, 6) is 1.56. The zero-order valence-corrected chi connectivity index (χ0v) is 18.2. The van der Waals surface area contributed by atoms with Gasteiger partial charge in [-0.2, -0.15) is 5.10 Å². The summed E-state index contributed by atoms with van der Waals surface area (Å²) in [5, 5.41) is 8.54. The Balaban J connectivity index is 1.63. The number of amides is 1. The third kappa shape index (κ3) is 4.30. The number of furan rings is 1. The van der Waals surface area contributed by atoms with E-state index >= 15 is 0 Å². The molecule has 0 fully saturated rings. The Hall–Kier alpha value is -3.61. The third-order valence-corrected chi connectivity index (χ3v) is 5.28. The van der Waals surface area contributed by atoms with Crippen LogP contribution in [0, 0.1) is 13.8 Å². The van der Waals surface area contributed by atoms with Crippen molar-refractivity contribution in [3.8, 4) is 11.4 Å². The summed E-state index contributed by atoms with van der Waals surface area (Å²) in [5.41, 5.74) is 3.62. The zero-order chi connectivity index (χ0) is 22.0. The van der Waals surface area contributed by atoms with Gasteiger partial charge in [0.1, 0.15) is 11.5 Å². The molecule has 0 spiro atoms. The van der Waals surface area contributed by atoms with Gasteiger partial charge in [-0.1, -0.05) is 0 Å². The molecule has 1 atom stereocenters. The maximum atomic E-state index is 13.1. The van der Waals surface area contributed by atoms with Crippen molar-refractivity contribution in [1.29, 1.82) is 0 Å². The molecule has 4 rings (SSSR count). The van der Waals surface area contributed by atoms with E-state index in [2.05, 4.69) is 15.4 Å². The van der Waals surface area contributed by atoms with E-state index in [0.717, 1.165) is 46.8 Å². The van der Waals surface area contributed by atoms with Gasteiger partial charge in [-0.15, -0.1) is 0 Å². The van der Waals surface area contributed by atoms with Crippen LogP contribution in [0.3, 0.4) is 0 Å². The number of ether oxygens (including phenoxy) is 1. The lowest BCUT2D eigenvalue weighted by molar-refractivity contribution is 0.0939. The first-order chi connectivity index (χ1) is 15.0. The average Bonchev–Trinajstić information content (AvgIpc) is 3.40. The minimum atomic E-state index is -0.125. The zero-order valence-electron chi connectivity index (χ0n) is 18.2. The number of hydrogen-bond donors (Lipinski definition) is 1. The van der Waals surface area contributed by atoms with Crippen molar-refractivity contribution in [2.45, 2.75) is 39.7 Å². The van der Waals surface area contributed by atoms with Gasteiger partial charge in [0.25, 0.3) is 5.91 Å². The number of fused-ring (bicyclic) bond motifs is 1. The number of aromatic nitrogens is 3. The second kappa shape index (κ2) is 8.63. The number of nitrogens with zero attached hydrogens (tertiary/aromatic N) is 3. The molecule has 0 aliphatic heterocycles. The van der Waals surface area contributed by atoms with Crippen LogP contribution < -0.4 is 10.1 Å². The molecule has 3 aromatic heterocycles. The van der Waals surface area contributed by atoms with Gasteiger partial charge in [-0.3, -0.25) is 4.79 Å².